The Hall–Kier alpha value is -1.88. The van der Waals surface area contributed by atoms with E-state index in [0.717, 1.165) is 24.2 Å². The maximum Gasteiger partial charge on any atom is 0.224 e. The average Bonchev–Trinajstić information content (AvgIpc) is 2.83. The topological polar surface area (TPSA) is 70.2 Å². The SMILES string of the molecule is CC(=O)Nc1ccc(CNC(=O)C2CCNC2C)cc1. The summed E-state index contributed by atoms with van der Waals surface area (Å²) in [4.78, 5) is 23.0. The first-order valence-corrected chi connectivity index (χ1v) is 6.94. The van der Waals surface area contributed by atoms with Crippen LogP contribution in [0.25, 0.3) is 0 Å². The Morgan fingerprint density at radius 2 is 2.00 bits per heavy atom. The second kappa shape index (κ2) is 6.52. The van der Waals surface area contributed by atoms with Crippen molar-refractivity contribution in [3.63, 3.8) is 0 Å². The zero-order valence-corrected chi connectivity index (χ0v) is 11.9. The fourth-order valence-electron chi connectivity index (χ4n) is 2.45. The van der Waals surface area contributed by atoms with Gasteiger partial charge in [-0.2, -0.15) is 0 Å². The first-order valence-electron chi connectivity index (χ1n) is 6.94. The van der Waals surface area contributed by atoms with Crippen molar-refractivity contribution in [2.75, 3.05) is 11.9 Å². The molecule has 0 spiro atoms. The number of hydrogen-bond acceptors (Lipinski definition) is 3. The molecule has 2 atom stereocenters. The highest BCUT2D eigenvalue weighted by Gasteiger charge is 2.28. The highest BCUT2D eigenvalue weighted by molar-refractivity contribution is 5.88. The summed E-state index contributed by atoms with van der Waals surface area (Å²) in [6.45, 7) is 4.94. The van der Waals surface area contributed by atoms with Crippen molar-refractivity contribution in [3.05, 3.63) is 29.8 Å². The van der Waals surface area contributed by atoms with Crippen LogP contribution in [0.4, 0.5) is 5.69 Å². The van der Waals surface area contributed by atoms with E-state index in [1.807, 2.05) is 31.2 Å². The number of amides is 2. The molecule has 1 aliphatic heterocycles. The van der Waals surface area contributed by atoms with Gasteiger partial charge in [-0.25, -0.2) is 0 Å². The summed E-state index contributed by atoms with van der Waals surface area (Å²) in [7, 11) is 0. The summed E-state index contributed by atoms with van der Waals surface area (Å²) >= 11 is 0. The molecule has 1 saturated heterocycles. The molecule has 3 N–H and O–H groups in total. The number of nitrogens with one attached hydrogen (secondary N) is 3. The van der Waals surface area contributed by atoms with E-state index >= 15 is 0 Å². The van der Waals surface area contributed by atoms with E-state index in [1.165, 1.54) is 6.92 Å². The molecule has 2 amide bonds. The zero-order valence-electron chi connectivity index (χ0n) is 11.9. The van der Waals surface area contributed by atoms with Gasteiger partial charge in [-0.3, -0.25) is 9.59 Å². The molecule has 0 aromatic heterocycles. The average molecular weight is 275 g/mol. The van der Waals surface area contributed by atoms with Gasteiger partial charge in [0.1, 0.15) is 0 Å². The van der Waals surface area contributed by atoms with Crippen LogP contribution < -0.4 is 16.0 Å². The van der Waals surface area contributed by atoms with Gasteiger partial charge >= 0.3 is 0 Å². The van der Waals surface area contributed by atoms with Crippen molar-refractivity contribution < 1.29 is 9.59 Å². The lowest BCUT2D eigenvalue weighted by atomic mass is 10.0. The number of rotatable bonds is 4. The van der Waals surface area contributed by atoms with Crippen LogP contribution in [-0.4, -0.2) is 24.4 Å². The number of anilines is 1. The Morgan fingerprint density at radius 3 is 2.55 bits per heavy atom. The minimum absolute atomic E-state index is 0.0636. The number of benzene rings is 1. The normalized spacial score (nSPS) is 21.5. The minimum atomic E-state index is -0.0891. The Balaban J connectivity index is 1.84. The molecule has 0 bridgehead atoms. The van der Waals surface area contributed by atoms with Crippen LogP contribution in [0.2, 0.25) is 0 Å². The molecule has 2 rings (SSSR count). The molecule has 1 aromatic carbocycles. The summed E-state index contributed by atoms with van der Waals surface area (Å²) < 4.78 is 0. The molecule has 2 unspecified atom stereocenters. The Morgan fingerprint density at radius 1 is 1.30 bits per heavy atom. The summed E-state index contributed by atoms with van der Waals surface area (Å²) in [5.74, 6) is 0.0795. The highest BCUT2D eigenvalue weighted by Crippen LogP contribution is 2.15. The number of hydrogen-bond donors (Lipinski definition) is 3. The smallest absolute Gasteiger partial charge is 0.224 e. The van der Waals surface area contributed by atoms with Crippen LogP contribution in [0.1, 0.15) is 25.8 Å². The molecule has 0 saturated carbocycles. The lowest BCUT2D eigenvalue weighted by Gasteiger charge is -2.15. The molecule has 0 aliphatic carbocycles. The van der Waals surface area contributed by atoms with E-state index in [0.29, 0.717) is 6.54 Å². The minimum Gasteiger partial charge on any atom is -0.352 e. The molecule has 1 aliphatic rings. The van der Waals surface area contributed by atoms with Gasteiger partial charge in [-0.15, -0.1) is 0 Å². The van der Waals surface area contributed by atoms with E-state index in [1.54, 1.807) is 0 Å². The first-order chi connectivity index (χ1) is 9.56. The Labute approximate surface area is 119 Å². The molecule has 5 nitrogen and oxygen atoms in total. The van der Waals surface area contributed by atoms with Gasteiger partial charge in [0.15, 0.2) is 0 Å². The summed E-state index contributed by atoms with van der Waals surface area (Å²) in [6.07, 6.45) is 0.897. The fraction of sp³-hybridized carbons (Fsp3) is 0.467. The van der Waals surface area contributed by atoms with Crippen LogP contribution in [0.3, 0.4) is 0 Å². The van der Waals surface area contributed by atoms with Gasteiger partial charge in [-0.05, 0) is 37.6 Å². The second-order valence-corrected chi connectivity index (χ2v) is 5.23. The lowest BCUT2D eigenvalue weighted by Crippen LogP contribution is -2.36. The highest BCUT2D eigenvalue weighted by atomic mass is 16.2. The summed E-state index contributed by atoms with van der Waals surface area (Å²) in [5, 5.41) is 8.95. The monoisotopic (exact) mass is 275 g/mol. The third-order valence-electron chi connectivity index (χ3n) is 3.60. The van der Waals surface area contributed by atoms with Crippen molar-refractivity contribution >= 4 is 17.5 Å². The van der Waals surface area contributed by atoms with Gasteiger partial charge < -0.3 is 16.0 Å². The molecule has 108 valence electrons. The third-order valence-corrected chi connectivity index (χ3v) is 3.60. The second-order valence-electron chi connectivity index (χ2n) is 5.23. The predicted octanol–water partition coefficient (Wildman–Crippen LogP) is 1.26. The van der Waals surface area contributed by atoms with Crippen molar-refractivity contribution in [2.24, 2.45) is 5.92 Å². The van der Waals surface area contributed by atoms with Crippen LogP contribution in [0.5, 0.6) is 0 Å². The van der Waals surface area contributed by atoms with Gasteiger partial charge in [0.25, 0.3) is 0 Å². The zero-order chi connectivity index (χ0) is 14.5. The van der Waals surface area contributed by atoms with Crippen molar-refractivity contribution in [2.45, 2.75) is 32.9 Å². The molecule has 0 radical (unpaired) electrons. The molecule has 20 heavy (non-hydrogen) atoms. The first kappa shape index (κ1) is 14.5. The van der Waals surface area contributed by atoms with Crippen LogP contribution >= 0.6 is 0 Å². The van der Waals surface area contributed by atoms with E-state index in [-0.39, 0.29) is 23.8 Å². The van der Waals surface area contributed by atoms with Gasteiger partial charge in [-0.1, -0.05) is 12.1 Å². The van der Waals surface area contributed by atoms with Crippen LogP contribution in [-0.2, 0) is 16.1 Å². The maximum absolute atomic E-state index is 12.0. The Kier molecular flexibility index (Phi) is 4.74. The Bertz CT molecular complexity index is 484. The fourth-order valence-corrected chi connectivity index (χ4v) is 2.45. The van der Waals surface area contributed by atoms with Crippen LogP contribution in [0.15, 0.2) is 24.3 Å². The van der Waals surface area contributed by atoms with E-state index < -0.39 is 0 Å². The van der Waals surface area contributed by atoms with Crippen molar-refractivity contribution in [1.82, 2.24) is 10.6 Å². The quantitative estimate of drug-likeness (QED) is 0.775. The molecular formula is C15H21N3O2. The van der Waals surface area contributed by atoms with E-state index in [4.69, 9.17) is 0 Å². The van der Waals surface area contributed by atoms with Crippen molar-refractivity contribution in [1.29, 1.82) is 0 Å². The summed E-state index contributed by atoms with van der Waals surface area (Å²) in [6, 6.07) is 7.73. The third kappa shape index (κ3) is 3.81. The molecule has 1 fully saturated rings. The van der Waals surface area contributed by atoms with Gasteiger partial charge in [0.05, 0.1) is 5.92 Å². The lowest BCUT2D eigenvalue weighted by molar-refractivity contribution is -0.125. The van der Waals surface area contributed by atoms with Crippen LogP contribution in [0, 0.1) is 5.92 Å². The standard InChI is InChI=1S/C15H21N3O2/c1-10-14(7-8-16-10)15(20)17-9-12-3-5-13(6-4-12)18-11(2)19/h3-6,10,14,16H,7-9H2,1-2H3,(H,17,20)(H,18,19). The summed E-state index contributed by atoms with van der Waals surface area (Å²) in [5.41, 5.74) is 1.78. The van der Waals surface area contributed by atoms with Gasteiger partial charge in [0.2, 0.25) is 11.8 Å². The molecule has 1 heterocycles. The molecule has 1 aromatic rings. The number of carbonyl (C=O) groups excluding carboxylic acids is 2. The van der Waals surface area contributed by atoms with Gasteiger partial charge in [0, 0.05) is 25.2 Å². The number of carbonyl (C=O) groups is 2. The molecule has 5 heteroatoms. The van der Waals surface area contributed by atoms with E-state index in [9.17, 15) is 9.59 Å². The predicted molar refractivity (Wildman–Crippen MR) is 78.2 cm³/mol. The maximum atomic E-state index is 12.0. The van der Waals surface area contributed by atoms with E-state index in [2.05, 4.69) is 16.0 Å². The largest absolute Gasteiger partial charge is 0.352 e. The van der Waals surface area contributed by atoms with Crippen molar-refractivity contribution in [3.8, 4) is 0 Å². The molecular weight excluding hydrogens is 254 g/mol.